The minimum absolute atomic E-state index is 0.157. The lowest BCUT2D eigenvalue weighted by atomic mass is 10.3. The highest BCUT2D eigenvalue weighted by atomic mass is 79.9. The first kappa shape index (κ1) is 22.5. The predicted molar refractivity (Wildman–Crippen MR) is 122 cm³/mol. The number of rotatable bonds is 9. The number of ether oxygens (including phenoxy) is 2. The van der Waals surface area contributed by atoms with Gasteiger partial charge in [-0.2, -0.15) is 0 Å². The number of hydrogen-bond acceptors (Lipinski definition) is 6. The maximum absolute atomic E-state index is 12.3. The highest BCUT2D eigenvalue weighted by Gasteiger charge is 2.15. The molecule has 2 aromatic carbocycles. The topological polar surface area (TPSA) is 78.3 Å². The number of thioether (sulfide) groups is 1. The van der Waals surface area contributed by atoms with E-state index in [1.54, 1.807) is 25.3 Å². The second kappa shape index (κ2) is 10.7. The Bertz CT molecular complexity index is 1030. The zero-order chi connectivity index (χ0) is 21.5. The summed E-state index contributed by atoms with van der Waals surface area (Å²) in [6, 6.07) is 12.7. The van der Waals surface area contributed by atoms with E-state index in [2.05, 4.69) is 31.4 Å². The molecule has 3 aromatic rings. The van der Waals surface area contributed by atoms with Gasteiger partial charge in [0, 0.05) is 16.7 Å². The van der Waals surface area contributed by atoms with Gasteiger partial charge in [-0.3, -0.25) is 4.79 Å². The van der Waals surface area contributed by atoms with Crippen molar-refractivity contribution in [2.75, 3.05) is 18.2 Å². The van der Waals surface area contributed by atoms with Crippen molar-refractivity contribution in [1.82, 2.24) is 14.8 Å². The summed E-state index contributed by atoms with van der Waals surface area (Å²) >= 11 is 10.7. The summed E-state index contributed by atoms with van der Waals surface area (Å²) in [5, 5.41) is 12.4. The van der Waals surface area contributed by atoms with Crippen LogP contribution in [0.15, 0.2) is 52.1 Å². The molecule has 1 amide bonds. The Morgan fingerprint density at radius 3 is 2.70 bits per heavy atom. The number of methoxy groups -OCH3 is 1. The molecule has 7 nitrogen and oxygen atoms in total. The van der Waals surface area contributed by atoms with E-state index in [0.29, 0.717) is 39.7 Å². The number of halogens is 2. The van der Waals surface area contributed by atoms with Gasteiger partial charge in [-0.1, -0.05) is 35.5 Å². The van der Waals surface area contributed by atoms with Crippen molar-refractivity contribution >= 4 is 50.9 Å². The molecule has 1 heterocycles. The molecular formula is C20H20BrClN4O3S. The van der Waals surface area contributed by atoms with Crippen LogP contribution in [0.1, 0.15) is 12.7 Å². The molecule has 1 aromatic heterocycles. The quantitative estimate of drug-likeness (QED) is 0.406. The summed E-state index contributed by atoms with van der Waals surface area (Å²) in [7, 11) is 1.60. The molecule has 0 aliphatic rings. The zero-order valence-corrected chi connectivity index (χ0v) is 19.6. The van der Waals surface area contributed by atoms with Crippen LogP contribution in [-0.4, -0.2) is 33.5 Å². The SMILES string of the molecule is CCn1c(COc2ccccc2OC)nnc1SCC(=O)Nc1ccc(Br)c(Cl)c1. The molecule has 0 fully saturated rings. The molecule has 0 saturated heterocycles. The van der Waals surface area contributed by atoms with Crippen LogP contribution in [0.5, 0.6) is 11.5 Å². The van der Waals surface area contributed by atoms with Crippen molar-refractivity contribution in [3.63, 3.8) is 0 Å². The smallest absolute Gasteiger partial charge is 0.234 e. The van der Waals surface area contributed by atoms with E-state index in [1.165, 1.54) is 11.8 Å². The van der Waals surface area contributed by atoms with Crippen molar-refractivity contribution in [2.24, 2.45) is 0 Å². The van der Waals surface area contributed by atoms with Gasteiger partial charge in [0.2, 0.25) is 5.91 Å². The molecule has 0 atom stereocenters. The number of anilines is 1. The first-order chi connectivity index (χ1) is 14.5. The minimum atomic E-state index is -0.157. The fourth-order valence-electron chi connectivity index (χ4n) is 2.63. The molecule has 10 heteroatoms. The molecule has 0 saturated carbocycles. The fourth-order valence-corrected chi connectivity index (χ4v) is 3.88. The molecule has 1 N–H and O–H groups in total. The first-order valence-corrected chi connectivity index (χ1v) is 11.2. The molecule has 158 valence electrons. The molecule has 0 radical (unpaired) electrons. The summed E-state index contributed by atoms with van der Waals surface area (Å²) in [5.41, 5.74) is 0.636. The largest absolute Gasteiger partial charge is 0.493 e. The Labute approximate surface area is 192 Å². The Balaban J connectivity index is 1.59. The molecule has 0 aliphatic heterocycles. The van der Waals surface area contributed by atoms with Crippen LogP contribution < -0.4 is 14.8 Å². The summed E-state index contributed by atoms with van der Waals surface area (Å²) in [6.45, 7) is 2.89. The maximum atomic E-state index is 12.3. The van der Waals surface area contributed by atoms with Crippen LogP contribution in [0, 0.1) is 0 Å². The third-order valence-corrected chi connectivity index (χ3v) is 6.27. The highest BCUT2D eigenvalue weighted by molar-refractivity contribution is 9.10. The molecule has 0 aliphatic carbocycles. The van der Waals surface area contributed by atoms with Gasteiger partial charge in [0.05, 0.1) is 17.9 Å². The lowest BCUT2D eigenvalue weighted by Crippen LogP contribution is -2.15. The van der Waals surface area contributed by atoms with Gasteiger partial charge in [-0.05, 0) is 53.2 Å². The summed E-state index contributed by atoms with van der Waals surface area (Å²) < 4.78 is 13.8. The Morgan fingerprint density at radius 1 is 1.23 bits per heavy atom. The van der Waals surface area contributed by atoms with E-state index in [0.717, 1.165) is 4.47 Å². The van der Waals surface area contributed by atoms with Crippen molar-refractivity contribution < 1.29 is 14.3 Å². The number of nitrogens with zero attached hydrogens (tertiary/aromatic N) is 3. The van der Waals surface area contributed by atoms with E-state index in [4.69, 9.17) is 21.1 Å². The van der Waals surface area contributed by atoms with Gasteiger partial charge in [0.1, 0.15) is 6.61 Å². The highest BCUT2D eigenvalue weighted by Crippen LogP contribution is 2.28. The van der Waals surface area contributed by atoms with E-state index in [9.17, 15) is 4.79 Å². The molecular weight excluding hydrogens is 492 g/mol. The van der Waals surface area contributed by atoms with Crippen LogP contribution in [0.2, 0.25) is 5.02 Å². The van der Waals surface area contributed by atoms with Gasteiger partial charge in [-0.15, -0.1) is 10.2 Å². The first-order valence-electron chi connectivity index (χ1n) is 9.07. The fraction of sp³-hybridized carbons (Fsp3) is 0.250. The molecule has 0 unspecified atom stereocenters. The minimum Gasteiger partial charge on any atom is -0.493 e. The maximum Gasteiger partial charge on any atom is 0.234 e. The number of nitrogens with one attached hydrogen (secondary N) is 1. The molecule has 0 bridgehead atoms. The van der Waals surface area contributed by atoms with Crippen molar-refractivity contribution in [2.45, 2.75) is 25.2 Å². The second-order valence-corrected chi connectivity index (χ2v) is 8.25. The number of carbonyl (C=O) groups is 1. The van der Waals surface area contributed by atoms with Crippen LogP contribution in [-0.2, 0) is 17.9 Å². The Morgan fingerprint density at radius 2 is 2.00 bits per heavy atom. The number of aromatic nitrogens is 3. The van der Waals surface area contributed by atoms with Gasteiger partial charge in [0.25, 0.3) is 0 Å². The lowest BCUT2D eigenvalue weighted by molar-refractivity contribution is -0.113. The third-order valence-electron chi connectivity index (χ3n) is 4.07. The van der Waals surface area contributed by atoms with Gasteiger partial charge >= 0.3 is 0 Å². The Hall–Kier alpha value is -2.23. The average molecular weight is 512 g/mol. The van der Waals surface area contributed by atoms with Gasteiger partial charge < -0.3 is 19.4 Å². The summed E-state index contributed by atoms with van der Waals surface area (Å²) in [6.07, 6.45) is 0. The van der Waals surface area contributed by atoms with Crippen molar-refractivity contribution in [3.05, 3.63) is 57.8 Å². The standard InChI is InChI=1S/C20H20BrClN4O3S/c1-3-26-18(11-29-17-7-5-4-6-16(17)28-2)24-25-20(26)30-12-19(27)23-13-8-9-14(21)15(22)10-13/h4-10H,3,11-12H2,1-2H3,(H,23,27). The van der Waals surface area contributed by atoms with E-state index in [-0.39, 0.29) is 18.3 Å². The zero-order valence-electron chi connectivity index (χ0n) is 16.4. The second-order valence-electron chi connectivity index (χ2n) is 6.05. The molecule has 3 rings (SSSR count). The van der Waals surface area contributed by atoms with Gasteiger partial charge in [-0.25, -0.2) is 0 Å². The number of carbonyl (C=O) groups excluding carboxylic acids is 1. The van der Waals surface area contributed by atoms with E-state index in [1.807, 2.05) is 35.8 Å². The predicted octanol–water partition coefficient (Wildman–Crippen LogP) is 5.03. The van der Waals surface area contributed by atoms with Crippen molar-refractivity contribution in [1.29, 1.82) is 0 Å². The summed E-state index contributed by atoms with van der Waals surface area (Å²) in [5.74, 6) is 1.99. The van der Waals surface area contributed by atoms with Crippen LogP contribution in [0.4, 0.5) is 5.69 Å². The third kappa shape index (κ3) is 5.68. The summed E-state index contributed by atoms with van der Waals surface area (Å²) in [4.78, 5) is 12.3. The van der Waals surface area contributed by atoms with Crippen LogP contribution in [0.25, 0.3) is 0 Å². The number of para-hydroxylation sites is 2. The normalized spacial score (nSPS) is 10.7. The van der Waals surface area contributed by atoms with Crippen molar-refractivity contribution in [3.8, 4) is 11.5 Å². The van der Waals surface area contributed by atoms with E-state index < -0.39 is 0 Å². The van der Waals surface area contributed by atoms with Crippen LogP contribution in [0.3, 0.4) is 0 Å². The molecule has 30 heavy (non-hydrogen) atoms. The number of benzene rings is 2. The monoisotopic (exact) mass is 510 g/mol. The lowest BCUT2D eigenvalue weighted by Gasteiger charge is -2.11. The van der Waals surface area contributed by atoms with E-state index >= 15 is 0 Å². The van der Waals surface area contributed by atoms with Gasteiger partial charge in [0.15, 0.2) is 22.5 Å². The Kier molecular flexibility index (Phi) is 8.01. The number of hydrogen-bond donors (Lipinski definition) is 1. The molecule has 0 spiro atoms. The van der Waals surface area contributed by atoms with Crippen LogP contribution >= 0.6 is 39.3 Å². The number of amides is 1. The average Bonchev–Trinajstić information content (AvgIpc) is 3.15.